The van der Waals surface area contributed by atoms with E-state index in [0.29, 0.717) is 11.6 Å². The summed E-state index contributed by atoms with van der Waals surface area (Å²) in [5, 5.41) is 0.689. The van der Waals surface area contributed by atoms with Gasteiger partial charge in [0.05, 0.1) is 12.2 Å². The van der Waals surface area contributed by atoms with Crippen LogP contribution in [0.25, 0.3) is 0 Å². The fourth-order valence-electron chi connectivity index (χ4n) is 3.65. The number of hydrogen-bond acceptors (Lipinski definition) is 3. The molecule has 116 valence electrons. The van der Waals surface area contributed by atoms with Crippen LogP contribution < -0.4 is 10.5 Å². The summed E-state index contributed by atoms with van der Waals surface area (Å²) in [6, 6.07) is 5.76. The van der Waals surface area contributed by atoms with Gasteiger partial charge in [0.1, 0.15) is 11.9 Å². The average Bonchev–Trinajstić information content (AvgIpc) is 2.48. The monoisotopic (exact) mass is 309 g/mol. The Labute approximate surface area is 131 Å². The third-order valence-electron chi connectivity index (χ3n) is 4.79. The van der Waals surface area contributed by atoms with Gasteiger partial charge in [-0.2, -0.15) is 0 Å². The number of hydrogen-bond donors (Lipinski definition) is 1. The van der Waals surface area contributed by atoms with Crippen molar-refractivity contribution in [2.75, 3.05) is 6.61 Å². The van der Waals surface area contributed by atoms with Crippen LogP contribution >= 0.6 is 11.6 Å². The third-order valence-corrected chi connectivity index (χ3v) is 5.14. The molecule has 0 aromatic heterocycles. The average molecular weight is 310 g/mol. The van der Waals surface area contributed by atoms with E-state index >= 15 is 0 Å². The molecule has 1 aliphatic carbocycles. The molecule has 1 saturated carbocycles. The molecule has 1 atom stereocenters. The number of rotatable bonds is 3. The normalized spacial score (nSPS) is 25.0. The van der Waals surface area contributed by atoms with Crippen LogP contribution in [0, 0.1) is 0 Å². The summed E-state index contributed by atoms with van der Waals surface area (Å²) in [4.78, 5) is 0. The lowest BCUT2D eigenvalue weighted by Crippen LogP contribution is -2.45. The maximum Gasteiger partial charge on any atom is 0.125 e. The quantitative estimate of drug-likeness (QED) is 0.915. The Morgan fingerprint density at radius 2 is 2.10 bits per heavy atom. The Morgan fingerprint density at radius 3 is 2.86 bits per heavy atom. The van der Waals surface area contributed by atoms with Gasteiger partial charge in [0.2, 0.25) is 0 Å². The van der Waals surface area contributed by atoms with Crippen LogP contribution in [0.2, 0.25) is 5.02 Å². The van der Waals surface area contributed by atoms with Crippen molar-refractivity contribution in [1.29, 1.82) is 0 Å². The Kier molecular flexibility index (Phi) is 4.72. The van der Waals surface area contributed by atoms with Gasteiger partial charge in [0.15, 0.2) is 0 Å². The van der Waals surface area contributed by atoms with Crippen molar-refractivity contribution < 1.29 is 9.47 Å². The van der Waals surface area contributed by atoms with Crippen molar-refractivity contribution in [1.82, 2.24) is 0 Å². The molecule has 1 aliphatic heterocycles. The molecule has 2 N–H and O–H groups in total. The minimum absolute atomic E-state index is 0.0582. The molecule has 3 nitrogen and oxygen atoms in total. The summed E-state index contributed by atoms with van der Waals surface area (Å²) in [7, 11) is 0. The van der Waals surface area contributed by atoms with Gasteiger partial charge in [-0.25, -0.2) is 0 Å². The van der Waals surface area contributed by atoms with Crippen LogP contribution in [0.3, 0.4) is 0 Å². The van der Waals surface area contributed by atoms with E-state index < -0.39 is 0 Å². The smallest absolute Gasteiger partial charge is 0.125 e. The van der Waals surface area contributed by atoms with Crippen LogP contribution in [0.4, 0.5) is 0 Å². The van der Waals surface area contributed by atoms with Crippen molar-refractivity contribution in [3.63, 3.8) is 0 Å². The Bertz CT molecular complexity index is 480. The highest BCUT2D eigenvalue weighted by Gasteiger charge is 2.39. The zero-order valence-electron chi connectivity index (χ0n) is 12.4. The lowest BCUT2D eigenvalue weighted by Gasteiger charge is -2.43. The van der Waals surface area contributed by atoms with Crippen molar-refractivity contribution >= 4 is 11.6 Å². The Balaban J connectivity index is 1.71. The second-order valence-electron chi connectivity index (χ2n) is 6.25. The number of ether oxygens (including phenoxy) is 2. The van der Waals surface area contributed by atoms with Gasteiger partial charge in [-0.15, -0.1) is 0 Å². The molecule has 2 fully saturated rings. The summed E-state index contributed by atoms with van der Waals surface area (Å²) in [5.74, 6) is 0.836. The topological polar surface area (TPSA) is 44.5 Å². The van der Waals surface area contributed by atoms with Gasteiger partial charge < -0.3 is 15.2 Å². The van der Waals surface area contributed by atoms with Gasteiger partial charge in [-0.3, -0.25) is 0 Å². The molecule has 3 rings (SSSR count). The first-order valence-electron chi connectivity index (χ1n) is 8.00. The van der Waals surface area contributed by atoms with Crippen molar-refractivity contribution in [2.45, 2.75) is 63.2 Å². The van der Waals surface area contributed by atoms with E-state index in [1.807, 2.05) is 18.2 Å². The molecular weight excluding hydrogens is 286 g/mol. The van der Waals surface area contributed by atoms with Gasteiger partial charge in [0, 0.05) is 30.0 Å². The first-order valence-corrected chi connectivity index (χ1v) is 8.38. The summed E-state index contributed by atoms with van der Waals surface area (Å²) in [6.45, 7) is 1.20. The molecule has 1 spiro atoms. The lowest BCUT2D eigenvalue weighted by atomic mass is 9.79. The van der Waals surface area contributed by atoms with Crippen molar-refractivity contribution in [3.8, 4) is 5.75 Å². The second kappa shape index (κ2) is 6.55. The zero-order chi connectivity index (χ0) is 14.7. The van der Waals surface area contributed by atoms with Gasteiger partial charge in [0.25, 0.3) is 0 Å². The number of benzene rings is 1. The minimum atomic E-state index is 0.0582. The molecule has 2 aliphatic rings. The third kappa shape index (κ3) is 3.36. The zero-order valence-corrected chi connectivity index (χ0v) is 13.2. The number of halogens is 1. The predicted molar refractivity (Wildman–Crippen MR) is 84.8 cm³/mol. The molecule has 0 bridgehead atoms. The van der Waals surface area contributed by atoms with Crippen LogP contribution in [0.5, 0.6) is 5.75 Å². The van der Waals surface area contributed by atoms with Crippen LogP contribution in [0.15, 0.2) is 18.2 Å². The summed E-state index contributed by atoms with van der Waals surface area (Å²) in [5.41, 5.74) is 6.77. The summed E-state index contributed by atoms with van der Waals surface area (Å²) in [6.07, 6.45) is 8.37. The van der Waals surface area contributed by atoms with Crippen LogP contribution in [-0.4, -0.2) is 18.3 Å². The van der Waals surface area contributed by atoms with E-state index in [1.54, 1.807) is 0 Å². The Hall–Kier alpha value is -0.770. The molecular formula is C17H24ClNO2. The fourth-order valence-corrected chi connectivity index (χ4v) is 3.90. The van der Waals surface area contributed by atoms with E-state index in [2.05, 4.69) is 0 Å². The van der Waals surface area contributed by atoms with Crippen molar-refractivity contribution in [3.05, 3.63) is 28.8 Å². The molecule has 4 heteroatoms. The van der Waals surface area contributed by atoms with E-state index in [-0.39, 0.29) is 11.7 Å². The summed E-state index contributed by atoms with van der Waals surface area (Å²) >= 11 is 6.20. The highest BCUT2D eigenvalue weighted by atomic mass is 35.5. The van der Waals surface area contributed by atoms with Gasteiger partial charge >= 0.3 is 0 Å². The number of nitrogens with two attached hydrogens (primary N) is 1. The highest BCUT2D eigenvalue weighted by molar-refractivity contribution is 6.31. The van der Waals surface area contributed by atoms with Gasteiger partial charge in [-0.05, 0) is 25.0 Å². The van der Waals surface area contributed by atoms with E-state index in [4.69, 9.17) is 26.8 Å². The second-order valence-corrected chi connectivity index (χ2v) is 6.65. The predicted octanol–water partition coefficient (Wildman–Crippen LogP) is 4.06. The first kappa shape index (κ1) is 15.1. The van der Waals surface area contributed by atoms with E-state index in [9.17, 15) is 0 Å². The fraction of sp³-hybridized carbons (Fsp3) is 0.647. The van der Waals surface area contributed by atoms with Crippen LogP contribution in [0.1, 0.15) is 50.5 Å². The molecule has 21 heavy (non-hydrogen) atoms. The molecule has 0 radical (unpaired) electrons. The minimum Gasteiger partial charge on any atom is -0.490 e. The molecule has 1 heterocycles. The molecule has 1 aromatic rings. The van der Waals surface area contributed by atoms with Crippen molar-refractivity contribution in [2.24, 2.45) is 5.73 Å². The van der Waals surface area contributed by atoms with Crippen LogP contribution in [-0.2, 0) is 11.3 Å². The Morgan fingerprint density at radius 1 is 1.29 bits per heavy atom. The van der Waals surface area contributed by atoms with Gasteiger partial charge in [-0.1, -0.05) is 36.9 Å². The lowest BCUT2D eigenvalue weighted by molar-refractivity contribution is -0.129. The molecule has 0 amide bonds. The summed E-state index contributed by atoms with van der Waals surface area (Å²) < 4.78 is 12.4. The SMILES string of the molecule is NCc1c(Cl)cccc1OC1CCOC2(CCCCC2)C1. The largest absolute Gasteiger partial charge is 0.490 e. The standard InChI is InChI=1S/C17H24ClNO2/c18-15-5-4-6-16(14(15)12-19)21-13-7-10-20-17(11-13)8-2-1-3-9-17/h4-6,13H,1-3,7-12,19H2. The maximum atomic E-state index is 6.24. The van der Waals surface area contributed by atoms with E-state index in [0.717, 1.165) is 30.8 Å². The maximum absolute atomic E-state index is 6.24. The van der Waals surface area contributed by atoms with E-state index in [1.165, 1.54) is 32.1 Å². The molecule has 1 saturated heterocycles. The first-order chi connectivity index (χ1) is 10.2. The molecule has 1 aromatic carbocycles. The highest BCUT2D eigenvalue weighted by Crippen LogP contribution is 2.40. The molecule has 1 unspecified atom stereocenters.